The number of nitrogens with zero attached hydrogens (tertiary/aromatic N) is 2. The van der Waals surface area contributed by atoms with E-state index in [4.69, 9.17) is 10.5 Å². The molecule has 0 fully saturated rings. The summed E-state index contributed by atoms with van der Waals surface area (Å²) in [5.74, 6) is 0.792. The van der Waals surface area contributed by atoms with E-state index in [0.717, 1.165) is 15.8 Å². The second kappa shape index (κ2) is 5.54. The van der Waals surface area contributed by atoms with Gasteiger partial charge in [-0.1, -0.05) is 6.07 Å². The highest BCUT2D eigenvalue weighted by Crippen LogP contribution is 2.29. The molecule has 0 aliphatic rings. The highest BCUT2D eigenvalue weighted by Gasteiger charge is 2.14. The van der Waals surface area contributed by atoms with Gasteiger partial charge in [0.15, 0.2) is 0 Å². The van der Waals surface area contributed by atoms with Gasteiger partial charge in [-0.3, -0.25) is 4.68 Å². The molecule has 2 aromatic rings. The van der Waals surface area contributed by atoms with Crippen LogP contribution in [0.25, 0.3) is 0 Å². The van der Waals surface area contributed by atoms with Gasteiger partial charge in [0.1, 0.15) is 11.9 Å². The highest BCUT2D eigenvalue weighted by atomic mass is 79.9. The Morgan fingerprint density at radius 1 is 1.50 bits per heavy atom. The molecule has 1 aromatic carbocycles. The monoisotopic (exact) mass is 309 g/mol. The van der Waals surface area contributed by atoms with Crippen molar-refractivity contribution in [3.63, 3.8) is 0 Å². The van der Waals surface area contributed by atoms with Gasteiger partial charge in [-0.15, -0.1) is 0 Å². The molecule has 96 valence electrons. The van der Waals surface area contributed by atoms with Gasteiger partial charge in [0.05, 0.1) is 10.7 Å². The molecule has 1 atom stereocenters. The molecule has 0 spiro atoms. The lowest BCUT2D eigenvalue weighted by Crippen LogP contribution is -2.18. The van der Waals surface area contributed by atoms with Gasteiger partial charge in [0.2, 0.25) is 0 Å². The number of halogens is 1. The first kappa shape index (κ1) is 13.1. The second-order valence-electron chi connectivity index (χ2n) is 4.22. The number of rotatable bonds is 4. The molecule has 1 unspecified atom stereocenters. The summed E-state index contributed by atoms with van der Waals surface area (Å²) >= 11 is 3.50. The Bertz CT molecular complexity index is 539. The molecule has 0 bridgehead atoms. The van der Waals surface area contributed by atoms with E-state index < -0.39 is 0 Å². The fraction of sp³-hybridized carbons (Fsp3) is 0.308. The maximum Gasteiger partial charge on any atom is 0.139 e. The number of nitrogens with two attached hydrogens (primary N) is 1. The molecule has 0 radical (unpaired) electrons. The minimum Gasteiger partial charge on any atom is -0.483 e. The molecule has 0 aliphatic carbocycles. The summed E-state index contributed by atoms with van der Waals surface area (Å²) in [6.45, 7) is 2.45. The van der Waals surface area contributed by atoms with Crippen molar-refractivity contribution in [2.24, 2.45) is 12.8 Å². The van der Waals surface area contributed by atoms with Crippen LogP contribution in [-0.4, -0.2) is 16.3 Å². The first-order valence-electron chi connectivity index (χ1n) is 5.71. The van der Waals surface area contributed by atoms with E-state index >= 15 is 0 Å². The largest absolute Gasteiger partial charge is 0.483 e. The molecule has 2 N–H and O–H groups in total. The molecule has 0 saturated heterocycles. The number of aryl methyl sites for hydroxylation is 2. The normalized spacial score (nSPS) is 12.4. The standard InChI is InChI=1S/C13H16BrN3O/c1-9-3-4-12(11(14)5-9)18-13(6-15)10-7-16-17(2)8-10/h3-5,7-8,13H,6,15H2,1-2H3. The van der Waals surface area contributed by atoms with Crippen LogP contribution >= 0.6 is 15.9 Å². The third kappa shape index (κ3) is 2.91. The van der Waals surface area contributed by atoms with Crippen molar-refractivity contribution >= 4 is 15.9 Å². The molecule has 1 aromatic heterocycles. The molecular weight excluding hydrogens is 294 g/mol. The second-order valence-corrected chi connectivity index (χ2v) is 5.08. The number of hydrogen-bond donors (Lipinski definition) is 1. The Kier molecular flexibility index (Phi) is 4.04. The molecule has 0 amide bonds. The molecule has 1 heterocycles. The summed E-state index contributed by atoms with van der Waals surface area (Å²) in [5.41, 5.74) is 7.92. The van der Waals surface area contributed by atoms with Crippen molar-refractivity contribution in [3.8, 4) is 5.75 Å². The van der Waals surface area contributed by atoms with E-state index in [1.165, 1.54) is 5.56 Å². The van der Waals surface area contributed by atoms with Crippen LogP contribution in [0.2, 0.25) is 0 Å². The van der Waals surface area contributed by atoms with Crippen LogP contribution in [0, 0.1) is 6.92 Å². The highest BCUT2D eigenvalue weighted by molar-refractivity contribution is 9.10. The third-order valence-electron chi connectivity index (χ3n) is 2.67. The SMILES string of the molecule is Cc1ccc(OC(CN)c2cnn(C)c2)c(Br)c1. The summed E-state index contributed by atoms with van der Waals surface area (Å²) in [5, 5.41) is 4.13. The molecular formula is C13H16BrN3O. The zero-order valence-electron chi connectivity index (χ0n) is 10.4. The van der Waals surface area contributed by atoms with Gasteiger partial charge in [-0.05, 0) is 40.5 Å². The van der Waals surface area contributed by atoms with E-state index in [2.05, 4.69) is 21.0 Å². The van der Waals surface area contributed by atoms with Crippen LogP contribution in [0.5, 0.6) is 5.75 Å². The Morgan fingerprint density at radius 2 is 2.28 bits per heavy atom. The van der Waals surface area contributed by atoms with Crippen LogP contribution in [0.1, 0.15) is 17.2 Å². The van der Waals surface area contributed by atoms with Crippen LogP contribution in [0.4, 0.5) is 0 Å². The Hall–Kier alpha value is -1.33. The van der Waals surface area contributed by atoms with Gasteiger partial charge in [-0.25, -0.2) is 0 Å². The van der Waals surface area contributed by atoms with Crippen molar-refractivity contribution in [2.75, 3.05) is 6.54 Å². The van der Waals surface area contributed by atoms with Gasteiger partial charge >= 0.3 is 0 Å². The molecule has 4 nitrogen and oxygen atoms in total. The summed E-state index contributed by atoms with van der Waals surface area (Å²) in [6.07, 6.45) is 3.51. The fourth-order valence-electron chi connectivity index (χ4n) is 1.71. The average molecular weight is 310 g/mol. The van der Waals surface area contributed by atoms with Crippen LogP contribution < -0.4 is 10.5 Å². The third-order valence-corrected chi connectivity index (χ3v) is 3.29. The summed E-state index contributed by atoms with van der Waals surface area (Å²) in [6, 6.07) is 5.97. The van der Waals surface area contributed by atoms with Crippen molar-refractivity contribution in [3.05, 3.63) is 46.2 Å². The smallest absolute Gasteiger partial charge is 0.139 e. The van der Waals surface area contributed by atoms with Gasteiger partial charge in [-0.2, -0.15) is 5.10 Å². The van der Waals surface area contributed by atoms with E-state index in [1.54, 1.807) is 10.9 Å². The molecule has 0 aliphatic heterocycles. The maximum absolute atomic E-state index is 5.92. The van der Waals surface area contributed by atoms with Crippen LogP contribution in [0.3, 0.4) is 0 Å². The zero-order valence-corrected chi connectivity index (χ0v) is 12.0. The van der Waals surface area contributed by atoms with Gasteiger partial charge in [0, 0.05) is 25.4 Å². The van der Waals surface area contributed by atoms with E-state index in [0.29, 0.717) is 6.54 Å². The topological polar surface area (TPSA) is 53.1 Å². The number of ether oxygens (including phenoxy) is 1. The lowest BCUT2D eigenvalue weighted by Gasteiger charge is -2.17. The minimum absolute atomic E-state index is 0.183. The lowest BCUT2D eigenvalue weighted by atomic mass is 10.2. The molecule has 0 saturated carbocycles. The van der Waals surface area contributed by atoms with Crippen molar-refractivity contribution < 1.29 is 4.74 Å². The molecule has 18 heavy (non-hydrogen) atoms. The summed E-state index contributed by atoms with van der Waals surface area (Å²) < 4.78 is 8.60. The minimum atomic E-state index is -0.183. The molecule has 2 rings (SSSR count). The van der Waals surface area contributed by atoms with Crippen LogP contribution in [0.15, 0.2) is 35.1 Å². The van der Waals surface area contributed by atoms with Gasteiger partial charge < -0.3 is 10.5 Å². The predicted octanol–water partition coefficient (Wildman–Crippen LogP) is 2.57. The van der Waals surface area contributed by atoms with Crippen molar-refractivity contribution in [2.45, 2.75) is 13.0 Å². The zero-order chi connectivity index (χ0) is 13.1. The maximum atomic E-state index is 5.92. The summed E-state index contributed by atoms with van der Waals surface area (Å²) in [4.78, 5) is 0. The molecule has 5 heteroatoms. The van der Waals surface area contributed by atoms with Crippen molar-refractivity contribution in [1.29, 1.82) is 0 Å². The van der Waals surface area contributed by atoms with E-state index in [1.807, 2.05) is 38.4 Å². The quantitative estimate of drug-likeness (QED) is 0.944. The summed E-state index contributed by atoms with van der Waals surface area (Å²) in [7, 11) is 1.87. The van der Waals surface area contributed by atoms with Gasteiger partial charge in [0.25, 0.3) is 0 Å². The Balaban J connectivity index is 2.20. The van der Waals surface area contributed by atoms with Crippen LogP contribution in [-0.2, 0) is 7.05 Å². The first-order valence-corrected chi connectivity index (χ1v) is 6.51. The lowest BCUT2D eigenvalue weighted by molar-refractivity contribution is 0.212. The Labute approximate surface area is 115 Å². The number of aromatic nitrogens is 2. The predicted molar refractivity (Wildman–Crippen MR) is 74.5 cm³/mol. The Morgan fingerprint density at radius 3 is 2.83 bits per heavy atom. The fourth-order valence-corrected chi connectivity index (χ4v) is 2.30. The van der Waals surface area contributed by atoms with E-state index in [-0.39, 0.29) is 6.10 Å². The first-order chi connectivity index (χ1) is 8.60. The average Bonchev–Trinajstić information content (AvgIpc) is 2.75. The number of benzene rings is 1. The number of hydrogen-bond acceptors (Lipinski definition) is 3. The van der Waals surface area contributed by atoms with E-state index in [9.17, 15) is 0 Å². The van der Waals surface area contributed by atoms with Crippen molar-refractivity contribution in [1.82, 2.24) is 9.78 Å².